The highest BCUT2D eigenvalue weighted by Gasteiger charge is 2.06. The summed E-state index contributed by atoms with van der Waals surface area (Å²) in [6.45, 7) is -0.940. The first kappa shape index (κ1) is 12.0. The topological polar surface area (TPSA) is 46.5 Å². The van der Waals surface area contributed by atoms with Crippen molar-refractivity contribution in [3.05, 3.63) is 11.7 Å². The molecule has 0 aliphatic heterocycles. The highest BCUT2D eigenvalue weighted by Crippen LogP contribution is 2.14. The lowest BCUT2D eigenvalue weighted by Crippen LogP contribution is -1.99. The fourth-order valence-electron chi connectivity index (χ4n) is 0.711. The number of allylic oxidation sites excluding steroid dienone is 1. The SMILES string of the molecule is COC(=O)CCC/C(F)=C(/F)CO. The fourth-order valence-corrected chi connectivity index (χ4v) is 0.711. The second kappa shape index (κ2) is 6.54. The van der Waals surface area contributed by atoms with Crippen LogP contribution >= 0.6 is 0 Å². The molecular formula is C8H12F2O3. The molecule has 0 spiro atoms. The highest BCUT2D eigenvalue weighted by molar-refractivity contribution is 5.69. The van der Waals surface area contributed by atoms with Crippen LogP contribution in [0.2, 0.25) is 0 Å². The third-order valence-electron chi connectivity index (χ3n) is 1.44. The predicted molar refractivity (Wildman–Crippen MR) is 42.2 cm³/mol. The first-order valence-corrected chi connectivity index (χ1v) is 3.82. The molecule has 1 N–H and O–H groups in total. The molecule has 0 radical (unpaired) electrons. The van der Waals surface area contributed by atoms with E-state index in [2.05, 4.69) is 4.74 Å². The van der Waals surface area contributed by atoms with Crippen molar-refractivity contribution in [2.24, 2.45) is 0 Å². The van der Waals surface area contributed by atoms with Crippen molar-refractivity contribution >= 4 is 5.97 Å². The average Bonchev–Trinajstić information content (AvgIpc) is 2.15. The Balaban J connectivity index is 3.71. The van der Waals surface area contributed by atoms with E-state index in [1.54, 1.807) is 0 Å². The van der Waals surface area contributed by atoms with Gasteiger partial charge in [-0.15, -0.1) is 0 Å². The van der Waals surface area contributed by atoms with Gasteiger partial charge in [0.2, 0.25) is 0 Å². The first-order valence-electron chi connectivity index (χ1n) is 3.82. The van der Waals surface area contributed by atoms with Gasteiger partial charge in [0.05, 0.1) is 13.7 Å². The van der Waals surface area contributed by atoms with Gasteiger partial charge in [0.1, 0.15) is 5.83 Å². The number of hydrogen-bond donors (Lipinski definition) is 1. The number of carbonyl (C=O) groups excluding carboxylic acids is 1. The molecule has 0 atom stereocenters. The molecule has 0 heterocycles. The molecule has 5 heteroatoms. The summed E-state index contributed by atoms with van der Waals surface area (Å²) < 4.78 is 29.1. The van der Waals surface area contributed by atoms with Crippen molar-refractivity contribution in [3.8, 4) is 0 Å². The predicted octanol–water partition coefficient (Wildman–Crippen LogP) is 1.47. The lowest BCUT2D eigenvalue weighted by atomic mass is 10.2. The fraction of sp³-hybridized carbons (Fsp3) is 0.625. The molecule has 0 aromatic carbocycles. The Kier molecular flexibility index (Phi) is 6.05. The first-order chi connectivity index (χ1) is 6.11. The Morgan fingerprint density at radius 1 is 1.31 bits per heavy atom. The zero-order valence-electron chi connectivity index (χ0n) is 7.35. The molecule has 3 nitrogen and oxygen atoms in total. The Bertz CT molecular complexity index is 202. The summed E-state index contributed by atoms with van der Waals surface area (Å²) in [7, 11) is 1.23. The Hall–Kier alpha value is -0.970. The maximum atomic E-state index is 12.5. The minimum atomic E-state index is -1.18. The van der Waals surface area contributed by atoms with Gasteiger partial charge in [0.15, 0.2) is 5.83 Å². The van der Waals surface area contributed by atoms with Crippen molar-refractivity contribution in [1.29, 1.82) is 0 Å². The van der Waals surface area contributed by atoms with E-state index in [9.17, 15) is 13.6 Å². The molecule has 0 aliphatic rings. The zero-order chi connectivity index (χ0) is 10.3. The molecular weight excluding hydrogens is 182 g/mol. The van der Waals surface area contributed by atoms with Gasteiger partial charge in [-0.1, -0.05) is 0 Å². The van der Waals surface area contributed by atoms with Gasteiger partial charge in [0, 0.05) is 12.8 Å². The van der Waals surface area contributed by atoms with Crippen LogP contribution in [0.15, 0.2) is 11.7 Å². The molecule has 0 saturated heterocycles. The van der Waals surface area contributed by atoms with Crippen LogP contribution in [0, 0.1) is 0 Å². The Morgan fingerprint density at radius 3 is 2.38 bits per heavy atom. The molecule has 0 aliphatic carbocycles. The highest BCUT2D eigenvalue weighted by atomic mass is 19.2. The summed E-state index contributed by atoms with van der Waals surface area (Å²) >= 11 is 0. The number of halogens is 2. The normalized spacial score (nSPS) is 12.3. The van der Waals surface area contributed by atoms with Crippen LogP contribution in [0.25, 0.3) is 0 Å². The van der Waals surface area contributed by atoms with Gasteiger partial charge >= 0.3 is 5.97 Å². The molecule has 0 fully saturated rings. The van der Waals surface area contributed by atoms with E-state index >= 15 is 0 Å². The Labute approximate surface area is 75.0 Å². The summed E-state index contributed by atoms with van der Waals surface area (Å²) in [6.07, 6.45) is 0.0239. The molecule has 0 rings (SSSR count). The number of aliphatic hydroxyl groups is 1. The number of rotatable bonds is 5. The summed E-state index contributed by atoms with van der Waals surface area (Å²) in [5.41, 5.74) is 0. The number of aliphatic hydroxyl groups excluding tert-OH is 1. The molecule has 0 amide bonds. The zero-order valence-corrected chi connectivity index (χ0v) is 7.35. The Morgan fingerprint density at radius 2 is 1.92 bits per heavy atom. The molecule has 0 saturated carbocycles. The lowest BCUT2D eigenvalue weighted by Gasteiger charge is -1.99. The van der Waals surface area contributed by atoms with Gasteiger partial charge in [-0.05, 0) is 6.42 Å². The van der Waals surface area contributed by atoms with Crippen LogP contribution in [0.1, 0.15) is 19.3 Å². The summed E-state index contributed by atoms with van der Waals surface area (Å²) in [5, 5.41) is 8.20. The van der Waals surface area contributed by atoms with E-state index in [1.807, 2.05) is 0 Å². The molecule has 0 aromatic heterocycles. The summed E-state index contributed by atoms with van der Waals surface area (Å²) in [4.78, 5) is 10.5. The van der Waals surface area contributed by atoms with Crippen molar-refractivity contribution in [2.75, 3.05) is 13.7 Å². The van der Waals surface area contributed by atoms with E-state index in [0.29, 0.717) is 0 Å². The smallest absolute Gasteiger partial charge is 0.305 e. The monoisotopic (exact) mass is 194 g/mol. The van der Waals surface area contributed by atoms with Gasteiger partial charge in [-0.2, -0.15) is 0 Å². The standard InChI is InChI=1S/C8H12F2O3/c1-13-8(12)4-2-3-6(9)7(10)5-11/h11H,2-5H2,1H3/b7-6-. The van der Waals surface area contributed by atoms with Gasteiger partial charge in [-0.3, -0.25) is 4.79 Å². The molecule has 13 heavy (non-hydrogen) atoms. The van der Waals surface area contributed by atoms with Crippen LogP contribution in [-0.4, -0.2) is 24.8 Å². The molecule has 0 bridgehead atoms. The molecule has 0 unspecified atom stereocenters. The van der Waals surface area contributed by atoms with E-state index in [0.717, 1.165) is 0 Å². The van der Waals surface area contributed by atoms with Gasteiger partial charge in [0.25, 0.3) is 0 Å². The van der Waals surface area contributed by atoms with Crippen molar-refractivity contribution in [1.82, 2.24) is 0 Å². The van der Waals surface area contributed by atoms with Crippen LogP contribution in [0.4, 0.5) is 8.78 Å². The third-order valence-corrected chi connectivity index (χ3v) is 1.44. The minimum Gasteiger partial charge on any atom is -0.469 e. The number of esters is 1. The lowest BCUT2D eigenvalue weighted by molar-refractivity contribution is -0.140. The second-order valence-corrected chi connectivity index (χ2v) is 2.40. The number of ether oxygens (including phenoxy) is 1. The van der Waals surface area contributed by atoms with Crippen LogP contribution in [0.3, 0.4) is 0 Å². The number of methoxy groups -OCH3 is 1. The quantitative estimate of drug-likeness (QED) is 0.674. The number of hydrogen-bond acceptors (Lipinski definition) is 3. The van der Waals surface area contributed by atoms with Crippen molar-refractivity contribution in [2.45, 2.75) is 19.3 Å². The third kappa shape index (κ3) is 5.30. The van der Waals surface area contributed by atoms with E-state index < -0.39 is 24.2 Å². The van der Waals surface area contributed by atoms with Crippen molar-refractivity contribution in [3.63, 3.8) is 0 Å². The largest absolute Gasteiger partial charge is 0.469 e. The maximum absolute atomic E-state index is 12.5. The van der Waals surface area contributed by atoms with E-state index in [-0.39, 0.29) is 19.3 Å². The van der Waals surface area contributed by atoms with E-state index in [4.69, 9.17) is 5.11 Å². The second-order valence-electron chi connectivity index (χ2n) is 2.40. The maximum Gasteiger partial charge on any atom is 0.305 e. The van der Waals surface area contributed by atoms with Crippen LogP contribution in [-0.2, 0) is 9.53 Å². The van der Waals surface area contributed by atoms with Gasteiger partial charge in [-0.25, -0.2) is 8.78 Å². The van der Waals surface area contributed by atoms with Crippen molar-refractivity contribution < 1.29 is 23.4 Å². The number of carbonyl (C=O) groups is 1. The van der Waals surface area contributed by atoms with Crippen LogP contribution < -0.4 is 0 Å². The molecule has 76 valence electrons. The van der Waals surface area contributed by atoms with E-state index in [1.165, 1.54) is 7.11 Å². The summed E-state index contributed by atoms with van der Waals surface area (Å²) in [5.74, 6) is -2.64. The van der Waals surface area contributed by atoms with Crippen LogP contribution in [0.5, 0.6) is 0 Å². The average molecular weight is 194 g/mol. The summed E-state index contributed by atoms with van der Waals surface area (Å²) in [6, 6.07) is 0. The molecule has 0 aromatic rings. The van der Waals surface area contributed by atoms with Gasteiger partial charge < -0.3 is 9.84 Å². The minimum absolute atomic E-state index is 0.0443.